The summed E-state index contributed by atoms with van der Waals surface area (Å²) < 4.78 is 0. The van der Waals surface area contributed by atoms with E-state index in [4.69, 9.17) is 0 Å². The van der Waals surface area contributed by atoms with E-state index in [1.165, 1.54) is 29.5 Å². The molecule has 0 N–H and O–H groups in total. The summed E-state index contributed by atoms with van der Waals surface area (Å²) in [4.78, 5) is 0. The zero-order valence-electron chi connectivity index (χ0n) is 14.2. The highest BCUT2D eigenvalue weighted by atomic mass is 28.1. The molecule has 3 unspecified atom stereocenters. The van der Waals surface area contributed by atoms with Crippen molar-refractivity contribution in [1.29, 1.82) is 0 Å². The molecular formula is C18H34Si. The summed E-state index contributed by atoms with van der Waals surface area (Å²) in [7, 11) is 1.37. The third kappa shape index (κ3) is 6.96. The van der Waals surface area contributed by atoms with Crippen LogP contribution in [0.5, 0.6) is 0 Å². The first-order valence-electron chi connectivity index (χ1n) is 8.06. The Morgan fingerprint density at radius 1 is 0.789 bits per heavy atom. The highest BCUT2D eigenvalue weighted by Gasteiger charge is 2.11. The minimum absolute atomic E-state index is 0.695. The topological polar surface area (TPSA) is 0 Å². The maximum Gasteiger partial charge on any atom is 0.00636 e. The molecule has 1 aromatic carbocycles. The van der Waals surface area contributed by atoms with Gasteiger partial charge in [-0.2, -0.15) is 0 Å². The minimum atomic E-state index is 0.695. The van der Waals surface area contributed by atoms with Crippen LogP contribution in [0.3, 0.4) is 0 Å². The van der Waals surface area contributed by atoms with Crippen molar-refractivity contribution in [2.24, 2.45) is 0 Å². The van der Waals surface area contributed by atoms with Gasteiger partial charge in [0.05, 0.1) is 0 Å². The van der Waals surface area contributed by atoms with E-state index in [1.807, 2.05) is 0 Å². The van der Waals surface area contributed by atoms with Gasteiger partial charge in [0.2, 0.25) is 0 Å². The Morgan fingerprint density at radius 3 is 1.32 bits per heavy atom. The summed E-state index contributed by atoms with van der Waals surface area (Å²) in [5.74, 6) is 1.39. The van der Waals surface area contributed by atoms with Gasteiger partial charge in [-0.1, -0.05) is 77.8 Å². The van der Waals surface area contributed by atoms with Gasteiger partial charge in [-0.15, -0.1) is 0 Å². The molecule has 110 valence electrons. The zero-order valence-corrected chi connectivity index (χ0v) is 16.2. The molecule has 0 aliphatic rings. The summed E-state index contributed by atoms with van der Waals surface area (Å²) >= 11 is 0. The Kier molecular flexibility index (Phi) is 9.95. The van der Waals surface area contributed by atoms with Crippen molar-refractivity contribution >= 4 is 10.2 Å². The van der Waals surface area contributed by atoms with E-state index < -0.39 is 0 Å². The van der Waals surface area contributed by atoms with Gasteiger partial charge in [0.15, 0.2) is 0 Å². The highest BCUT2D eigenvalue weighted by molar-refractivity contribution is 6.11. The van der Waals surface area contributed by atoms with Crippen molar-refractivity contribution < 1.29 is 0 Å². The SMILES string of the molecule is CCC(C)[SiH3].CCC(C)c1ccccc1C(C)CC. The first-order valence-corrected chi connectivity index (χ1v) is 9.21. The molecular weight excluding hydrogens is 244 g/mol. The largest absolute Gasteiger partial charge is 0.0658 e. The van der Waals surface area contributed by atoms with Gasteiger partial charge in [0.1, 0.15) is 0 Å². The molecule has 0 bridgehead atoms. The molecule has 1 heteroatoms. The standard InChI is InChI=1S/C14H22.C4H12Si/c1-5-11(3)13-9-7-8-10-14(13)12(4)6-2;1-3-4(2)5/h7-12H,5-6H2,1-4H3;4H,3H2,1-2,5H3. The molecule has 0 amide bonds. The highest BCUT2D eigenvalue weighted by Crippen LogP contribution is 2.29. The Labute approximate surface area is 124 Å². The summed E-state index contributed by atoms with van der Waals surface area (Å²) in [5, 5.41) is 0. The molecule has 0 heterocycles. The minimum Gasteiger partial charge on any atom is -0.0658 e. The Morgan fingerprint density at radius 2 is 1.11 bits per heavy atom. The van der Waals surface area contributed by atoms with Crippen molar-refractivity contribution in [2.45, 2.75) is 78.2 Å². The van der Waals surface area contributed by atoms with Crippen LogP contribution in [0.1, 0.15) is 83.8 Å². The summed E-state index contributed by atoms with van der Waals surface area (Å²) in [6.45, 7) is 13.7. The van der Waals surface area contributed by atoms with Gasteiger partial charge in [0, 0.05) is 10.2 Å². The lowest BCUT2D eigenvalue weighted by atomic mass is 9.87. The second-order valence-electron chi connectivity index (χ2n) is 6.05. The normalized spacial score (nSPS) is 15.3. The average Bonchev–Trinajstić information content (AvgIpc) is 2.46. The lowest BCUT2D eigenvalue weighted by molar-refractivity contribution is 0.677. The molecule has 19 heavy (non-hydrogen) atoms. The van der Waals surface area contributed by atoms with Crippen molar-refractivity contribution in [3.63, 3.8) is 0 Å². The molecule has 1 aromatic rings. The monoisotopic (exact) mass is 278 g/mol. The van der Waals surface area contributed by atoms with Crippen LogP contribution < -0.4 is 0 Å². The third-order valence-corrected chi connectivity index (χ3v) is 4.92. The third-order valence-electron chi connectivity index (χ3n) is 4.10. The van der Waals surface area contributed by atoms with Gasteiger partial charge >= 0.3 is 0 Å². The summed E-state index contributed by atoms with van der Waals surface area (Å²) in [5.41, 5.74) is 4.11. The van der Waals surface area contributed by atoms with Crippen LogP contribution >= 0.6 is 0 Å². The van der Waals surface area contributed by atoms with Crippen LogP contribution in [0.15, 0.2) is 24.3 Å². The number of hydrogen-bond donors (Lipinski definition) is 0. The van der Waals surface area contributed by atoms with Gasteiger partial charge < -0.3 is 0 Å². The second-order valence-corrected chi connectivity index (χ2v) is 8.02. The molecule has 0 aliphatic heterocycles. The lowest BCUT2D eigenvalue weighted by Crippen LogP contribution is -2.01. The predicted octanol–water partition coefficient (Wildman–Crippen LogP) is 5.28. The van der Waals surface area contributed by atoms with Crippen LogP contribution in [0.2, 0.25) is 5.54 Å². The first kappa shape index (κ1) is 18.4. The van der Waals surface area contributed by atoms with Crippen LogP contribution in [0, 0.1) is 0 Å². The molecule has 0 aliphatic carbocycles. The Hall–Kier alpha value is -0.563. The van der Waals surface area contributed by atoms with Crippen LogP contribution in [-0.2, 0) is 0 Å². The van der Waals surface area contributed by atoms with Gasteiger partial charge in [-0.25, -0.2) is 0 Å². The van der Waals surface area contributed by atoms with Crippen molar-refractivity contribution in [3.8, 4) is 0 Å². The van der Waals surface area contributed by atoms with E-state index in [1.54, 1.807) is 11.1 Å². The van der Waals surface area contributed by atoms with Crippen LogP contribution in [0.4, 0.5) is 0 Å². The Balaban J connectivity index is 0.000000555. The maximum absolute atomic E-state index is 2.32. The Bertz CT molecular complexity index is 301. The molecule has 0 saturated heterocycles. The van der Waals surface area contributed by atoms with Crippen LogP contribution in [0.25, 0.3) is 0 Å². The van der Waals surface area contributed by atoms with E-state index >= 15 is 0 Å². The van der Waals surface area contributed by atoms with Crippen molar-refractivity contribution in [3.05, 3.63) is 35.4 Å². The number of benzene rings is 1. The van der Waals surface area contributed by atoms with E-state index in [-0.39, 0.29) is 0 Å². The van der Waals surface area contributed by atoms with E-state index in [0.717, 1.165) is 5.54 Å². The number of rotatable bonds is 5. The van der Waals surface area contributed by atoms with E-state index in [0.29, 0.717) is 11.8 Å². The van der Waals surface area contributed by atoms with E-state index in [2.05, 4.69) is 65.8 Å². The molecule has 0 nitrogen and oxygen atoms in total. The smallest absolute Gasteiger partial charge is 0.00636 e. The molecule has 0 spiro atoms. The molecule has 0 fully saturated rings. The zero-order chi connectivity index (χ0) is 14.8. The molecule has 0 saturated carbocycles. The van der Waals surface area contributed by atoms with Crippen molar-refractivity contribution in [2.75, 3.05) is 0 Å². The number of hydrogen-bond acceptors (Lipinski definition) is 0. The molecule has 0 aromatic heterocycles. The fourth-order valence-electron chi connectivity index (χ4n) is 1.85. The molecule has 1 rings (SSSR count). The summed E-state index contributed by atoms with van der Waals surface area (Å²) in [6.07, 6.45) is 3.83. The molecule has 0 radical (unpaired) electrons. The second kappa shape index (κ2) is 10.3. The first-order chi connectivity index (χ1) is 8.97. The van der Waals surface area contributed by atoms with Gasteiger partial charge in [-0.05, 0) is 35.8 Å². The van der Waals surface area contributed by atoms with Gasteiger partial charge in [0.25, 0.3) is 0 Å². The summed E-state index contributed by atoms with van der Waals surface area (Å²) in [6, 6.07) is 8.89. The van der Waals surface area contributed by atoms with Crippen molar-refractivity contribution in [1.82, 2.24) is 0 Å². The quantitative estimate of drug-likeness (QED) is 0.642. The molecule has 3 atom stereocenters. The predicted molar refractivity (Wildman–Crippen MR) is 93.5 cm³/mol. The maximum atomic E-state index is 2.32. The lowest BCUT2D eigenvalue weighted by Gasteiger charge is -2.18. The fourth-order valence-corrected chi connectivity index (χ4v) is 1.85. The van der Waals surface area contributed by atoms with Crippen LogP contribution in [-0.4, -0.2) is 10.2 Å². The van der Waals surface area contributed by atoms with E-state index in [9.17, 15) is 0 Å². The fraction of sp³-hybridized carbons (Fsp3) is 0.667. The van der Waals surface area contributed by atoms with Gasteiger partial charge in [-0.3, -0.25) is 0 Å². The average molecular weight is 279 g/mol.